The van der Waals surface area contributed by atoms with Crippen LogP contribution >= 0.6 is 7.60 Å². The molecule has 2 unspecified atom stereocenters. The number of aliphatic carboxylic acids is 1. The molecule has 2 aromatic carbocycles. The maximum Gasteiger partial charge on any atom is 0.353 e. The molecule has 0 fully saturated rings. The summed E-state index contributed by atoms with van der Waals surface area (Å²) in [5.41, 5.74) is 0.543. The lowest BCUT2D eigenvalue weighted by molar-refractivity contribution is -0.160. The van der Waals surface area contributed by atoms with Crippen molar-refractivity contribution >= 4 is 35.3 Å². The van der Waals surface area contributed by atoms with Gasteiger partial charge in [0.05, 0.1) is 24.7 Å². The molecule has 2 rings (SSSR count). The molecule has 14 heteroatoms. The third-order valence-electron chi connectivity index (χ3n) is 5.68. The standard InChI is InChI=1S/C29H40NO11PS/c1-29(2,3)41-28(34)21-38-17-18-39-42(35,40-20-23-13-15-24(16-14-23)43(4,36)37)26(19-22-9-6-5-7-10-22)30-25(31)11-8-12-27(32)33/h5-7,9-10,13-16,26H,8,11-12,17-21H2,1-4H3,(H,30,31)(H,32,33). The van der Waals surface area contributed by atoms with E-state index in [2.05, 4.69) is 5.32 Å². The van der Waals surface area contributed by atoms with Gasteiger partial charge in [0.1, 0.15) is 18.0 Å². The third-order valence-corrected chi connectivity index (χ3v) is 8.91. The van der Waals surface area contributed by atoms with Gasteiger partial charge in [-0.25, -0.2) is 13.2 Å². The Morgan fingerprint density at radius 1 is 0.930 bits per heavy atom. The summed E-state index contributed by atoms with van der Waals surface area (Å²) in [4.78, 5) is 35.7. The number of carboxylic acid groups (broad SMARTS) is 1. The Balaban J connectivity index is 2.24. The quantitative estimate of drug-likeness (QED) is 0.136. The second kappa shape index (κ2) is 16.7. The zero-order chi connectivity index (χ0) is 32.1. The Kier molecular flexibility index (Phi) is 14.0. The number of benzene rings is 2. The van der Waals surface area contributed by atoms with E-state index in [-0.39, 0.29) is 57.0 Å². The molecule has 2 aromatic rings. The predicted octanol–water partition coefficient (Wildman–Crippen LogP) is 4.11. The number of esters is 1. The summed E-state index contributed by atoms with van der Waals surface area (Å²) in [5, 5.41) is 11.6. The predicted molar refractivity (Wildman–Crippen MR) is 158 cm³/mol. The highest BCUT2D eigenvalue weighted by atomic mass is 32.2. The zero-order valence-electron chi connectivity index (χ0n) is 24.8. The van der Waals surface area contributed by atoms with Gasteiger partial charge in [-0.1, -0.05) is 42.5 Å². The maximum atomic E-state index is 14.3. The first-order valence-electron chi connectivity index (χ1n) is 13.6. The van der Waals surface area contributed by atoms with Crippen LogP contribution < -0.4 is 5.32 Å². The van der Waals surface area contributed by atoms with Crippen molar-refractivity contribution in [2.75, 3.05) is 26.1 Å². The number of rotatable bonds is 18. The fraction of sp³-hybridized carbons (Fsp3) is 0.483. The average Bonchev–Trinajstić information content (AvgIpc) is 2.90. The number of carboxylic acids is 1. The maximum absolute atomic E-state index is 14.3. The van der Waals surface area contributed by atoms with E-state index in [1.807, 2.05) is 0 Å². The van der Waals surface area contributed by atoms with E-state index in [4.69, 9.17) is 23.6 Å². The number of hydrogen-bond acceptors (Lipinski definition) is 10. The SMILES string of the molecule is CC(C)(C)OC(=O)COCCOP(=O)(OCc1ccc(S(C)(=O)=O)cc1)C(Cc1ccccc1)NC(=O)CCCC(=O)O. The molecule has 2 atom stereocenters. The average molecular weight is 642 g/mol. The Morgan fingerprint density at radius 3 is 2.16 bits per heavy atom. The molecule has 0 saturated carbocycles. The third kappa shape index (κ3) is 14.3. The van der Waals surface area contributed by atoms with Crippen LogP contribution in [0.4, 0.5) is 0 Å². The number of amides is 1. The molecule has 2 N–H and O–H groups in total. The second-order valence-electron chi connectivity index (χ2n) is 10.7. The summed E-state index contributed by atoms with van der Waals surface area (Å²) in [6.07, 6.45) is 0.896. The van der Waals surface area contributed by atoms with E-state index in [1.54, 1.807) is 51.1 Å². The number of carbonyl (C=O) groups is 3. The topological polar surface area (TPSA) is 172 Å². The summed E-state index contributed by atoms with van der Waals surface area (Å²) in [6, 6.07) is 14.7. The van der Waals surface area contributed by atoms with E-state index in [1.165, 1.54) is 24.3 Å². The van der Waals surface area contributed by atoms with Crippen LogP contribution in [0.1, 0.15) is 51.2 Å². The van der Waals surface area contributed by atoms with Crippen molar-refractivity contribution < 1.29 is 51.0 Å². The van der Waals surface area contributed by atoms with Crippen LogP contribution in [0.25, 0.3) is 0 Å². The molecule has 0 aliphatic rings. The smallest absolute Gasteiger partial charge is 0.353 e. The highest BCUT2D eigenvalue weighted by molar-refractivity contribution is 7.90. The highest BCUT2D eigenvalue weighted by Gasteiger charge is 2.37. The monoisotopic (exact) mass is 641 g/mol. The van der Waals surface area contributed by atoms with Crippen molar-refractivity contribution in [1.29, 1.82) is 0 Å². The van der Waals surface area contributed by atoms with Gasteiger partial charge in [0, 0.05) is 25.5 Å². The lowest BCUT2D eigenvalue weighted by Gasteiger charge is -2.28. The van der Waals surface area contributed by atoms with Crippen molar-refractivity contribution in [2.24, 2.45) is 0 Å². The van der Waals surface area contributed by atoms with Gasteiger partial charge in [0.25, 0.3) is 0 Å². The van der Waals surface area contributed by atoms with Crippen LogP contribution in [0, 0.1) is 0 Å². The van der Waals surface area contributed by atoms with Gasteiger partial charge in [-0.2, -0.15) is 0 Å². The molecule has 0 heterocycles. The van der Waals surface area contributed by atoms with Gasteiger partial charge in [-0.15, -0.1) is 0 Å². The van der Waals surface area contributed by atoms with E-state index in [9.17, 15) is 27.4 Å². The normalized spacial score (nSPS) is 14.0. The summed E-state index contributed by atoms with van der Waals surface area (Å²) in [6.45, 7) is 4.18. The molecular formula is C29H40NO11PS. The molecule has 0 bridgehead atoms. The Labute approximate surface area is 252 Å². The minimum absolute atomic E-state index is 0.0641. The van der Waals surface area contributed by atoms with Crippen LogP contribution in [-0.2, 0) is 60.3 Å². The van der Waals surface area contributed by atoms with Crippen molar-refractivity contribution in [3.05, 3.63) is 65.7 Å². The molecule has 0 radical (unpaired) electrons. The molecule has 0 spiro atoms. The van der Waals surface area contributed by atoms with E-state index >= 15 is 0 Å². The minimum atomic E-state index is -4.17. The summed E-state index contributed by atoms with van der Waals surface area (Å²) >= 11 is 0. The van der Waals surface area contributed by atoms with Crippen LogP contribution in [0.5, 0.6) is 0 Å². The van der Waals surface area contributed by atoms with E-state index in [0.29, 0.717) is 5.56 Å². The lowest BCUT2D eigenvalue weighted by Crippen LogP contribution is -2.37. The number of nitrogens with one attached hydrogen (secondary N) is 1. The molecule has 1 amide bonds. The summed E-state index contributed by atoms with van der Waals surface area (Å²) in [7, 11) is -7.59. The van der Waals surface area contributed by atoms with Crippen LogP contribution in [-0.4, -0.2) is 68.8 Å². The van der Waals surface area contributed by atoms with Gasteiger partial charge < -0.3 is 28.9 Å². The van der Waals surface area contributed by atoms with Gasteiger partial charge in [0.15, 0.2) is 9.84 Å². The van der Waals surface area contributed by atoms with E-state index < -0.39 is 46.7 Å². The number of carbonyl (C=O) groups excluding carboxylic acids is 2. The van der Waals surface area contributed by atoms with Gasteiger partial charge in [-0.05, 0) is 50.5 Å². The lowest BCUT2D eigenvalue weighted by atomic mass is 10.1. The van der Waals surface area contributed by atoms with Crippen LogP contribution in [0.3, 0.4) is 0 Å². The molecule has 0 aliphatic heterocycles. The van der Waals surface area contributed by atoms with E-state index in [0.717, 1.165) is 11.8 Å². The second-order valence-corrected chi connectivity index (χ2v) is 15.0. The van der Waals surface area contributed by atoms with Crippen LogP contribution in [0.15, 0.2) is 59.5 Å². The molecule has 0 aromatic heterocycles. The first-order valence-corrected chi connectivity index (χ1v) is 17.1. The van der Waals surface area contributed by atoms with Crippen LogP contribution in [0.2, 0.25) is 0 Å². The molecule has 0 saturated heterocycles. The first kappa shape index (κ1) is 36.1. The van der Waals surface area contributed by atoms with Gasteiger partial charge >= 0.3 is 19.5 Å². The number of sulfone groups is 1. The highest BCUT2D eigenvalue weighted by Crippen LogP contribution is 2.53. The summed E-state index contributed by atoms with van der Waals surface area (Å²) in [5.74, 6) is -3.32. The minimum Gasteiger partial charge on any atom is -0.481 e. The fourth-order valence-electron chi connectivity index (χ4n) is 3.70. The summed E-state index contributed by atoms with van der Waals surface area (Å²) < 4.78 is 60.0. The molecule has 238 valence electrons. The van der Waals surface area contributed by atoms with Crippen molar-refractivity contribution in [2.45, 2.75) is 69.3 Å². The van der Waals surface area contributed by atoms with Crippen molar-refractivity contribution in [3.8, 4) is 0 Å². The molecule has 12 nitrogen and oxygen atoms in total. The van der Waals surface area contributed by atoms with Gasteiger partial charge in [0.2, 0.25) is 5.91 Å². The van der Waals surface area contributed by atoms with Gasteiger partial charge in [-0.3, -0.25) is 14.2 Å². The molecule has 0 aliphatic carbocycles. The molecular weight excluding hydrogens is 601 g/mol. The largest absolute Gasteiger partial charge is 0.481 e. The van der Waals surface area contributed by atoms with Crippen molar-refractivity contribution in [1.82, 2.24) is 5.32 Å². The Hall–Kier alpha value is -3.09. The zero-order valence-corrected chi connectivity index (χ0v) is 26.5. The Morgan fingerprint density at radius 2 is 1.58 bits per heavy atom. The Bertz CT molecular complexity index is 1360. The van der Waals surface area contributed by atoms with Crippen molar-refractivity contribution in [3.63, 3.8) is 0 Å². The fourth-order valence-corrected chi connectivity index (χ4v) is 6.16. The number of ether oxygens (including phenoxy) is 2. The number of hydrogen-bond donors (Lipinski definition) is 2. The molecule has 43 heavy (non-hydrogen) atoms. The first-order chi connectivity index (χ1) is 20.1.